The number of nitrogens with one attached hydrogen (secondary N) is 2. The predicted molar refractivity (Wildman–Crippen MR) is 182 cm³/mol. The Morgan fingerprint density at radius 2 is 1.60 bits per heavy atom. The van der Waals surface area contributed by atoms with Crippen LogP contribution in [0.4, 0.5) is 0 Å². The molecule has 0 saturated carbocycles. The van der Waals surface area contributed by atoms with Gasteiger partial charge in [-0.1, -0.05) is 91.0 Å². The Morgan fingerprint density at radius 3 is 1.98 bits per heavy atom. The minimum Gasteiger partial charge on any atom is -0.508 e. The van der Waals surface area contributed by atoms with Crippen LogP contribution in [0.15, 0.2) is 61.8 Å². The van der Waals surface area contributed by atoms with Crippen LogP contribution < -0.4 is 16.4 Å². The summed E-state index contributed by atoms with van der Waals surface area (Å²) < 4.78 is 0. The Morgan fingerprint density at radius 1 is 1.02 bits per heavy atom. The third-order valence-electron chi connectivity index (χ3n) is 5.53. The number of hydrogen-bond donors (Lipinski definition) is 4. The van der Waals surface area contributed by atoms with Crippen molar-refractivity contribution in [2.75, 3.05) is 20.6 Å². The average molecular weight is 585 g/mol. The summed E-state index contributed by atoms with van der Waals surface area (Å²) in [5.74, 6) is 0.463. The van der Waals surface area contributed by atoms with Gasteiger partial charge >= 0.3 is 0 Å². The lowest BCUT2D eigenvalue weighted by molar-refractivity contribution is -0.128. The number of carbonyl (C=O) groups excluding carboxylic acids is 2. The smallest absolute Gasteiger partial charge is 0.221 e. The first-order valence-electron chi connectivity index (χ1n) is 14.8. The molecule has 7 heteroatoms. The minimum atomic E-state index is -0.0912. The molecule has 0 heterocycles. The van der Waals surface area contributed by atoms with Gasteiger partial charge in [0.1, 0.15) is 5.75 Å². The third-order valence-corrected chi connectivity index (χ3v) is 5.53. The molecule has 2 aromatic rings. The van der Waals surface area contributed by atoms with Gasteiger partial charge in [-0.15, -0.1) is 0 Å². The van der Waals surface area contributed by atoms with E-state index in [2.05, 4.69) is 64.1 Å². The molecule has 0 fully saturated rings. The van der Waals surface area contributed by atoms with Gasteiger partial charge in [0.2, 0.25) is 11.8 Å². The summed E-state index contributed by atoms with van der Waals surface area (Å²) in [6.45, 7) is 24.2. The molecule has 0 aliphatic rings. The summed E-state index contributed by atoms with van der Waals surface area (Å²) in [4.78, 5) is 22.8. The highest BCUT2D eigenvalue weighted by Gasteiger charge is 2.00. The van der Waals surface area contributed by atoms with Crippen LogP contribution in [0.2, 0.25) is 0 Å². The van der Waals surface area contributed by atoms with Gasteiger partial charge < -0.3 is 26.4 Å². The molecule has 238 valence electrons. The fourth-order valence-corrected chi connectivity index (χ4v) is 3.29. The summed E-state index contributed by atoms with van der Waals surface area (Å²) in [6.07, 6.45) is 6.49. The van der Waals surface area contributed by atoms with Crippen LogP contribution >= 0.6 is 0 Å². The second-order valence-corrected chi connectivity index (χ2v) is 10.0. The number of phenols is 1. The zero-order valence-electron chi connectivity index (χ0n) is 28.1. The first-order valence-corrected chi connectivity index (χ1v) is 14.8. The van der Waals surface area contributed by atoms with Gasteiger partial charge in [-0.05, 0) is 73.8 Å². The zero-order valence-corrected chi connectivity index (χ0v) is 28.1. The number of aromatic hydroxyl groups is 1. The topological polar surface area (TPSA) is 108 Å². The fourth-order valence-electron chi connectivity index (χ4n) is 3.29. The molecule has 0 radical (unpaired) electrons. The summed E-state index contributed by atoms with van der Waals surface area (Å²) >= 11 is 0. The molecule has 7 nitrogen and oxygen atoms in total. The second-order valence-electron chi connectivity index (χ2n) is 10.0. The van der Waals surface area contributed by atoms with Gasteiger partial charge in [0.05, 0.1) is 0 Å². The maximum Gasteiger partial charge on any atom is 0.221 e. The number of amides is 2. The van der Waals surface area contributed by atoms with Crippen LogP contribution in [0, 0.1) is 6.92 Å². The van der Waals surface area contributed by atoms with E-state index in [0.717, 1.165) is 24.0 Å². The van der Waals surface area contributed by atoms with E-state index in [0.29, 0.717) is 23.9 Å². The quantitative estimate of drug-likeness (QED) is 0.238. The molecule has 5 N–H and O–H groups in total. The Bertz CT molecular complexity index is 1020. The minimum absolute atomic E-state index is 0.0912. The van der Waals surface area contributed by atoms with Gasteiger partial charge in [0.25, 0.3) is 0 Å². The number of rotatable bonds is 9. The predicted octanol–water partition coefficient (Wildman–Crippen LogP) is 6.98. The number of benzene rings is 2. The lowest BCUT2D eigenvalue weighted by Crippen LogP contribution is -2.23. The third kappa shape index (κ3) is 25.4. The van der Waals surface area contributed by atoms with Crippen molar-refractivity contribution in [1.82, 2.24) is 15.5 Å². The number of nitrogens with two attached hydrogens (primary N) is 1. The van der Waals surface area contributed by atoms with Gasteiger partial charge in [0, 0.05) is 39.2 Å². The van der Waals surface area contributed by atoms with Crippen molar-refractivity contribution in [3.05, 3.63) is 84.1 Å². The molecule has 2 amide bonds. The number of phenolic OH excluding ortho intramolecular Hbond substituents is 1. The largest absolute Gasteiger partial charge is 0.508 e. The van der Waals surface area contributed by atoms with Crippen molar-refractivity contribution in [1.29, 1.82) is 0 Å². The SMILES string of the molecule is C=C(NC(C)=O)c1cccc(C)c1.C=CN.CCC(=O)N(C)C.CCCCNC(C)C.CCc1ccc(O)cc1CC. The summed E-state index contributed by atoms with van der Waals surface area (Å²) in [7, 11) is 3.51. The molecule has 0 spiro atoms. The molecule has 0 aliphatic carbocycles. The van der Waals surface area contributed by atoms with E-state index in [-0.39, 0.29) is 11.8 Å². The molecule has 42 heavy (non-hydrogen) atoms. The maximum atomic E-state index is 10.7. The van der Waals surface area contributed by atoms with E-state index in [9.17, 15) is 9.59 Å². The van der Waals surface area contributed by atoms with Crippen molar-refractivity contribution in [2.45, 2.75) is 93.5 Å². The highest BCUT2D eigenvalue weighted by Crippen LogP contribution is 2.17. The molecule has 0 atom stereocenters. The Balaban J connectivity index is -0.000000480. The standard InChI is InChI=1S/C11H13NO.C10H14O.C7H17N.C5H11NO.C2H5N/c1-8-5-4-6-11(7-8)9(2)12-10(3)13;1-3-8-5-6-10(11)7-9(8)4-2;1-4-5-6-8-7(2)3;1-4-5(7)6(2)3;1-2-3/h4-7H,2H2,1,3H3,(H,12,13);5-7,11H,3-4H2,1-2H3;7-8H,4-6H2,1-3H3;4H2,1-3H3;2H,1,3H2. The van der Waals surface area contributed by atoms with E-state index in [4.69, 9.17) is 5.11 Å². The van der Waals surface area contributed by atoms with E-state index >= 15 is 0 Å². The Hall–Kier alpha value is -3.58. The second kappa shape index (κ2) is 27.6. The Kier molecular flexibility index (Phi) is 28.2. The molecule has 0 saturated heterocycles. The van der Waals surface area contributed by atoms with Crippen LogP contribution in [-0.2, 0) is 22.4 Å². The number of hydrogen-bond acceptors (Lipinski definition) is 5. The number of carbonyl (C=O) groups is 2. The van der Waals surface area contributed by atoms with E-state index < -0.39 is 0 Å². The molecule has 0 aliphatic heterocycles. The van der Waals surface area contributed by atoms with Crippen LogP contribution in [0.1, 0.15) is 90.0 Å². The van der Waals surface area contributed by atoms with Gasteiger partial charge in [-0.25, -0.2) is 0 Å². The first-order chi connectivity index (χ1) is 19.7. The van der Waals surface area contributed by atoms with Crippen LogP contribution in [0.25, 0.3) is 5.70 Å². The lowest BCUT2D eigenvalue weighted by atomic mass is 10.0. The first kappa shape index (κ1) is 42.9. The van der Waals surface area contributed by atoms with Gasteiger partial charge in [0.15, 0.2) is 0 Å². The lowest BCUT2D eigenvalue weighted by Gasteiger charge is -2.06. The molecule has 2 rings (SSSR count). The van der Waals surface area contributed by atoms with Gasteiger partial charge in [-0.2, -0.15) is 0 Å². The normalized spacial score (nSPS) is 9.21. The zero-order chi connectivity index (χ0) is 33.1. The molecular formula is C35H60N4O3. The number of aryl methyl sites for hydroxylation is 3. The van der Waals surface area contributed by atoms with Gasteiger partial charge in [-0.3, -0.25) is 9.59 Å². The molecule has 0 aromatic heterocycles. The molecule has 2 aromatic carbocycles. The number of unbranched alkanes of at least 4 members (excludes halogenated alkanes) is 1. The molecule has 0 bridgehead atoms. The highest BCUT2D eigenvalue weighted by molar-refractivity contribution is 5.84. The average Bonchev–Trinajstić information content (AvgIpc) is 2.93. The molecular weight excluding hydrogens is 524 g/mol. The summed E-state index contributed by atoms with van der Waals surface area (Å²) in [5, 5.41) is 15.2. The Labute approximate surface area is 257 Å². The van der Waals surface area contributed by atoms with Crippen LogP contribution in [0.5, 0.6) is 5.75 Å². The van der Waals surface area contributed by atoms with Crippen molar-refractivity contribution in [2.24, 2.45) is 5.73 Å². The maximum absolute atomic E-state index is 10.7. The molecule has 0 unspecified atom stereocenters. The fraction of sp³-hybridized carbons (Fsp3) is 0.486. The van der Waals surface area contributed by atoms with Crippen molar-refractivity contribution < 1.29 is 14.7 Å². The summed E-state index contributed by atoms with van der Waals surface area (Å²) in [6, 6.07) is 14.1. The van der Waals surface area contributed by atoms with Crippen LogP contribution in [-0.4, -0.2) is 48.5 Å². The van der Waals surface area contributed by atoms with Crippen LogP contribution in [0.3, 0.4) is 0 Å². The summed E-state index contributed by atoms with van der Waals surface area (Å²) in [5.41, 5.74) is 9.97. The number of nitrogens with zero attached hydrogens (tertiary/aromatic N) is 1. The van der Waals surface area contributed by atoms with E-state index in [1.807, 2.05) is 50.2 Å². The van der Waals surface area contributed by atoms with Crippen molar-refractivity contribution >= 4 is 17.5 Å². The van der Waals surface area contributed by atoms with E-state index in [1.165, 1.54) is 43.6 Å². The highest BCUT2D eigenvalue weighted by atomic mass is 16.3. The van der Waals surface area contributed by atoms with Crippen molar-refractivity contribution in [3.63, 3.8) is 0 Å². The van der Waals surface area contributed by atoms with E-state index in [1.54, 1.807) is 25.1 Å². The monoisotopic (exact) mass is 584 g/mol. The van der Waals surface area contributed by atoms with Crippen molar-refractivity contribution in [3.8, 4) is 5.75 Å².